The molecule has 71 heavy (non-hydrogen) atoms. The number of rotatable bonds is 9. The van der Waals surface area contributed by atoms with Crippen molar-refractivity contribution >= 4 is 44.6 Å². The molecule has 0 bridgehead atoms. The van der Waals surface area contributed by atoms with E-state index < -0.39 is 0 Å². The van der Waals surface area contributed by atoms with Crippen LogP contribution < -0.4 is 14.5 Å². The smallest absolute Gasteiger partial charge is 0.137 e. The topological polar surface area (TPSA) is 33.5 Å². The highest BCUT2D eigenvalue weighted by Gasteiger charge is 2.46. The lowest BCUT2D eigenvalue weighted by Crippen LogP contribution is -2.34. The van der Waals surface area contributed by atoms with Crippen LogP contribution in [0.15, 0.2) is 182 Å². The first-order valence-corrected chi connectivity index (χ1v) is 26.1. The highest BCUT2D eigenvalue weighted by atomic mass is 16.5. The predicted molar refractivity (Wildman–Crippen MR) is 296 cm³/mol. The van der Waals surface area contributed by atoms with Gasteiger partial charge in [0.1, 0.15) is 24.0 Å². The molecule has 0 N–H and O–H groups in total. The average molecular weight is 931 g/mol. The van der Waals surface area contributed by atoms with E-state index in [0.717, 1.165) is 59.7 Å². The molecule has 5 heteroatoms. The van der Waals surface area contributed by atoms with Gasteiger partial charge in [0.25, 0.3) is 0 Å². The summed E-state index contributed by atoms with van der Waals surface area (Å²) in [5.74, 6) is 2.52. The van der Waals surface area contributed by atoms with Crippen LogP contribution in [0.5, 0.6) is 11.5 Å². The van der Waals surface area contributed by atoms with E-state index in [-0.39, 0.29) is 21.7 Å². The van der Waals surface area contributed by atoms with Gasteiger partial charge in [-0.2, -0.15) is 0 Å². The van der Waals surface area contributed by atoms with E-state index in [0.29, 0.717) is 6.67 Å². The first kappa shape index (κ1) is 45.1. The average Bonchev–Trinajstić information content (AvgIpc) is 4.22. The fourth-order valence-corrected chi connectivity index (χ4v) is 12.8. The predicted octanol–water partition coefficient (Wildman–Crippen LogP) is 17.5. The molecule has 2 aromatic heterocycles. The van der Waals surface area contributed by atoms with E-state index >= 15 is 0 Å². The molecule has 12 rings (SSSR count). The number of para-hydroxylation sites is 4. The first-order valence-electron chi connectivity index (χ1n) is 26.1. The van der Waals surface area contributed by atoms with E-state index in [4.69, 9.17) is 9.72 Å². The van der Waals surface area contributed by atoms with Crippen LogP contribution in [0.25, 0.3) is 27.6 Å². The lowest BCUT2D eigenvalue weighted by molar-refractivity contribution is 0.479. The van der Waals surface area contributed by atoms with Gasteiger partial charge in [-0.3, -0.25) is 4.57 Å². The van der Waals surface area contributed by atoms with E-state index in [9.17, 15) is 0 Å². The minimum absolute atomic E-state index is 0.0143. The number of ether oxygens (including phenoxy) is 1. The summed E-state index contributed by atoms with van der Waals surface area (Å²) in [7, 11) is 0. The molecule has 356 valence electrons. The van der Waals surface area contributed by atoms with Gasteiger partial charge in [0.2, 0.25) is 0 Å². The molecule has 0 saturated heterocycles. The number of hydrogen-bond acceptors (Lipinski definition) is 4. The highest BCUT2D eigenvalue weighted by Crippen LogP contribution is 2.58. The van der Waals surface area contributed by atoms with Gasteiger partial charge in [0.05, 0.1) is 28.1 Å². The van der Waals surface area contributed by atoms with Gasteiger partial charge in [-0.15, -0.1) is 0 Å². The van der Waals surface area contributed by atoms with Crippen LogP contribution >= 0.6 is 0 Å². The quantitative estimate of drug-likeness (QED) is 0.144. The van der Waals surface area contributed by atoms with Gasteiger partial charge in [-0.25, -0.2) is 4.98 Å². The molecule has 0 unspecified atom stereocenters. The van der Waals surface area contributed by atoms with Crippen molar-refractivity contribution in [3.63, 3.8) is 0 Å². The lowest BCUT2D eigenvalue weighted by atomic mass is 9.67. The largest absolute Gasteiger partial charge is 0.457 e. The van der Waals surface area contributed by atoms with Gasteiger partial charge in [-0.1, -0.05) is 176 Å². The maximum absolute atomic E-state index is 7.11. The molecule has 3 heterocycles. The van der Waals surface area contributed by atoms with Crippen molar-refractivity contribution in [1.29, 1.82) is 0 Å². The minimum Gasteiger partial charge on any atom is -0.457 e. The Morgan fingerprint density at radius 3 is 1.65 bits per heavy atom. The van der Waals surface area contributed by atoms with Gasteiger partial charge in [-0.05, 0) is 124 Å². The van der Waals surface area contributed by atoms with Crippen molar-refractivity contribution in [2.45, 2.75) is 115 Å². The Labute approximate surface area is 420 Å². The summed E-state index contributed by atoms with van der Waals surface area (Å²) in [5.41, 5.74) is 15.1. The second-order valence-corrected chi connectivity index (χ2v) is 22.8. The number of hydrogen-bond donors (Lipinski definition) is 0. The molecule has 2 saturated carbocycles. The molecule has 0 radical (unpaired) electrons. The zero-order valence-corrected chi connectivity index (χ0v) is 42.4. The van der Waals surface area contributed by atoms with Crippen molar-refractivity contribution < 1.29 is 4.74 Å². The zero-order valence-electron chi connectivity index (χ0n) is 42.4. The zero-order chi connectivity index (χ0) is 48.5. The highest BCUT2D eigenvalue weighted by molar-refractivity contribution is 6.09. The summed E-state index contributed by atoms with van der Waals surface area (Å²) in [4.78, 5) is 10.2. The van der Waals surface area contributed by atoms with Crippen LogP contribution in [0.4, 0.5) is 22.7 Å². The Kier molecular flexibility index (Phi) is 11.0. The summed E-state index contributed by atoms with van der Waals surface area (Å²) in [5, 5.41) is 2.37. The van der Waals surface area contributed by atoms with Gasteiger partial charge < -0.3 is 14.5 Å². The number of benzene rings is 7. The summed E-state index contributed by atoms with van der Waals surface area (Å²) in [6, 6.07) is 65.9. The van der Waals surface area contributed by atoms with E-state index in [1.807, 2.05) is 6.20 Å². The van der Waals surface area contributed by atoms with E-state index in [1.165, 1.54) is 86.9 Å². The molecular formula is C66H66N4O. The SMILES string of the molecule is CC(C)(C)c1cc(Oc2ccc3c4ccccc4n(-c4cc(C(C)(C)C)ccn4)c3c2)cc(N2CN(c3c(C4(c5ccccc5)CCCC4)cccc3C3(c4ccccc4)CCCC3)c3ccccc32)c1. The van der Waals surface area contributed by atoms with Crippen LogP contribution in [-0.2, 0) is 21.7 Å². The number of anilines is 4. The molecule has 1 aliphatic heterocycles. The van der Waals surface area contributed by atoms with Crippen LogP contribution in [0, 0.1) is 0 Å². The lowest BCUT2D eigenvalue weighted by Gasteiger charge is -2.41. The number of nitrogens with zero attached hydrogens (tertiary/aromatic N) is 4. The van der Waals surface area contributed by atoms with Gasteiger partial charge >= 0.3 is 0 Å². The Bertz CT molecular complexity index is 3340. The maximum Gasteiger partial charge on any atom is 0.137 e. The molecule has 0 amide bonds. The van der Waals surface area contributed by atoms with Crippen LogP contribution in [-0.4, -0.2) is 16.2 Å². The maximum atomic E-state index is 7.11. The Hall–Kier alpha value is -7.11. The van der Waals surface area contributed by atoms with Crippen molar-refractivity contribution in [2.24, 2.45) is 0 Å². The van der Waals surface area contributed by atoms with E-state index in [1.54, 1.807) is 0 Å². The summed E-state index contributed by atoms with van der Waals surface area (Å²) < 4.78 is 9.41. The van der Waals surface area contributed by atoms with Crippen molar-refractivity contribution in [3.05, 3.63) is 216 Å². The molecular weight excluding hydrogens is 865 g/mol. The second kappa shape index (κ2) is 17.3. The van der Waals surface area contributed by atoms with Gasteiger partial charge in [0, 0.05) is 45.6 Å². The Morgan fingerprint density at radius 2 is 1.03 bits per heavy atom. The Balaban J connectivity index is 1.00. The molecule has 3 aliphatic rings. The monoisotopic (exact) mass is 931 g/mol. The summed E-state index contributed by atoms with van der Waals surface area (Å²) in [6.07, 6.45) is 11.4. The van der Waals surface area contributed by atoms with Crippen molar-refractivity contribution in [2.75, 3.05) is 16.5 Å². The third kappa shape index (κ3) is 7.71. The normalized spacial score (nSPS) is 16.5. The third-order valence-electron chi connectivity index (χ3n) is 16.4. The number of fused-ring (bicyclic) bond motifs is 4. The standard InChI is InChI=1S/C66H66N4O/c1-63(2,3)48-34-39-67-61(42-48)70-57-29-14-13-26-53(57)54-33-32-51(44-60(54)70)71-52-41-49(64(4,5)6)40-50(43-52)68-45-69(59-31-16-15-30-58(59)68)62-55(65(35-17-18-36-65)46-22-9-7-10-23-46)27-21-28-56(62)66(37-19-20-38-66)47-24-11-8-12-25-47/h7-16,21-34,39-44H,17-20,35-38,45H2,1-6H3. The summed E-state index contributed by atoms with van der Waals surface area (Å²) in [6.45, 7) is 14.4. The second-order valence-electron chi connectivity index (χ2n) is 22.8. The van der Waals surface area contributed by atoms with E-state index in [2.05, 4.69) is 232 Å². The molecule has 2 aliphatic carbocycles. The molecule has 7 aromatic carbocycles. The van der Waals surface area contributed by atoms with Crippen LogP contribution in [0.3, 0.4) is 0 Å². The molecule has 5 nitrogen and oxygen atoms in total. The first-order chi connectivity index (χ1) is 34.4. The third-order valence-corrected chi connectivity index (χ3v) is 16.4. The molecule has 2 fully saturated rings. The molecule has 9 aromatic rings. The Morgan fingerprint density at radius 1 is 0.465 bits per heavy atom. The van der Waals surface area contributed by atoms with Crippen molar-refractivity contribution in [1.82, 2.24) is 9.55 Å². The van der Waals surface area contributed by atoms with Crippen LogP contribution in [0.2, 0.25) is 0 Å². The van der Waals surface area contributed by atoms with Crippen LogP contribution in [0.1, 0.15) is 126 Å². The fraction of sp³-hybridized carbons (Fsp3) is 0.288. The number of pyridine rings is 1. The van der Waals surface area contributed by atoms with Gasteiger partial charge in [0.15, 0.2) is 0 Å². The summed E-state index contributed by atoms with van der Waals surface area (Å²) >= 11 is 0. The minimum atomic E-state index is -0.137. The fourth-order valence-electron chi connectivity index (χ4n) is 12.8. The molecule has 0 spiro atoms. The van der Waals surface area contributed by atoms with Crippen molar-refractivity contribution in [3.8, 4) is 17.3 Å². The molecule has 0 atom stereocenters. The number of aromatic nitrogens is 2.